The third-order valence-electron chi connectivity index (χ3n) is 3.02. The number of hydrogen-bond acceptors (Lipinski definition) is 2. The van der Waals surface area contributed by atoms with Crippen LogP contribution in [0.2, 0.25) is 10.0 Å². The number of halogens is 4. The summed E-state index contributed by atoms with van der Waals surface area (Å²) >= 11 is 15.9. The Kier molecular flexibility index (Phi) is 5.36. The predicted molar refractivity (Wildman–Crippen MR) is 86.7 cm³/mol. The molecule has 0 heterocycles. The van der Waals surface area contributed by atoms with Gasteiger partial charge in [-0.05, 0) is 23.8 Å². The first-order chi connectivity index (χ1) is 9.99. The van der Waals surface area contributed by atoms with Crippen LogP contribution in [0.4, 0.5) is 4.39 Å². The van der Waals surface area contributed by atoms with Gasteiger partial charge in [-0.1, -0.05) is 51.3 Å². The van der Waals surface area contributed by atoms with Crippen molar-refractivity contribution in [3.8, 4) is 11.5 Å². The summed E-state index contributed by atoms with van der Waals surface area (Å²) in [6, 6.07) is 7.80. The van der Waals surface area contributed by atoms with Gasteiger partial charge in [0, 0.05) is 10.6 Å². The molecule has 0 aromatic heterocycles. The fraction of sp³-hybridized carbons (Fsp3) is 0.200. The minimum Gasteiger partial charge on any atom is -0.495 e. The van der Waals surface area contributed by atoms with E-state index in [9.17, 15) is 4.39 Å². The molecule has 0 aliphatic rings. The molecule has 21 heavy (non-hydrogen) atoms. The van der Waals surface area contributed by atoms with Gasteiger partial charge in [0.25, 0.3) is 0 Å². The topological polar surface area (TPSA) is 18.5 Å². The molecule has 0 radical (unpaired) electrons. The highest BCUT2D eigenvalue weighted by Gasteiger charge is 2.22. The molecule has 0 N–H and O–H groups in total. The van der Waals surface area contributed by atoms with Crippen molar-refractivity contribution in [3.63, 3.8) is 0 Å². The quantitative estimate of drug-likeness (QED) is 0.626. The highest BCUT2D eigenvalue weighted by molar-refractivity contribution is 9.09. The molecule has 2 nitrogen and oxygen atoms in total. The molecule has 2 aromatic rings. The number of ether oxygens (including phenoxy) is 2. The Balaban J connectivity index is 2.52. The second-order valence-corrected chi connectivity index (χ2v) is 5.93. The van der Waals surface area contributed by atoms with Crippen molar-refractivity contribution < 1.29 is 13.9 Å². The summed E-state index contributed by atoms with van der Waals surface area (Å²) in [6.45, 7) is 0. The first-order valence-electron chi connectivity index (χ1n) is 5.99. The van der Waals surface area contributed by atoms with Crippen molar-refractivity contribution in [2.75, 3.05) is 14.2 Å². The number of benzene rings is 2. The lowest BCUT2D eigenvalue weighted by Crippen LogP contribution is -2.00. The van der Waals surface area contributed by atoms with Crippen LogP contribution in [-0.4, -0.2) is 14.2 Å². The summed E-state index contributed by atoms with van der Waals surface area (Å²) in [7, 11) is 3.05. The van der Waals surface area contributed by atoms with Gasteiger partial charge in [-0.15, -0.1) is 0 Å². The molecule has 6 heteroatoms. The molecule has 2 aromatic carbocycles. The standard InChI is InChI=1S/C15H12BrCl2FO2/c1-20-12-6-5-10(15(21-2)14(12)18)13(16)9-4-3-8(19)7-11(9)17/h3-7,13H,1-2H3. The molecule has 0 bridgehead atoms. The largest absolute Gasteiger partial charge is 0.495 e. The molecule has 1 atom stereocenters. The monoisotopic (exact) mass is 392 g/mol. The van der Waals surface area contributed by atoms with Crippen LogP contribution in [0, 0.1) is 5.82 Å². The highest BCUT2D eigenvalue weighted by Crippen LogP contribution is 2.45. The smallest absolute Gasteiger partial charge is 0.145 e. The summed E-state index contributed by atoms with van der Waals surface area (Å²) < 4.78 is 23.7. The van der Waals surface area contributed by atoms with E-state index in [0.29, 0.717) is 21.5 Å². The Labute approximate surface area is 140 Å². The predicted octanol–water partition coefficient (Wildman–Crippen LogP) is 5.63. The Morgan fingerprint density at radius 3 is 2.29 bits per heavy atom. The van der Waals surface area contributed by atoms with E-state index in [1.54, 1.807) is 12.1 Å². The van der Waals surface area contributed by atoms with E-state index in [2.05, 4.69) is 15.9 Å². The van der Waals surface area contributed by atoms with Crippen molar-refractivity contribution in [2.45, 2.75) is 4.83 Å². The van der Waals surface area contributed by atoms with E-state index in [4.69, 9.17) is 32.7 Å². The lowest BCUT2D eigenvalue weighted by molar-refractivity contribution is 0.392. The molecule has 0 spiro atoms. The number of rotatable bonds is 4. The van der Waals surface area contributed by atoms with Gasteiger partial charge in [-0.25, -0.2) is 4.39 Å². The normalized spacial score (nSPS) is 12.1. The fourth-order valence-corrected chi connectivity index (χ4v) is 3.49. The molecular formula is C15H12BrCl2FO2. The summed E-state index contributed by atoms with van der Waals surface area (Å²) in [6.07, 6.45) is 0. The van der Waals surface area contributed by atoms with Crippen molar-refractivity contribution in [1.82, 2.24) is 0 Å². The van der Waals surface area contributed by atoms with Crippen LogP contribution < -0.4 is 9.47 Å². The van der Waals surface area contributed by atoms with Crippen LogP contribution >= 0.6 is 39.1 Å². The van der Waals surface area contributed by atoms with Crippen LogP contribution in [0.5, 0.6) is 11.5 Å². The van der Waals surface area contributed by atoms with Crippen molar-refractivity contribution in [2.24, 2.45) is 0 Å². The minimum absolute atomic E-state index is 0.288. The zero-order valence-corrected chi connectivity index (χ0v) is 14.4. The molecule has 0 aliphatic carbocycles. The number of alkyl halides is 1. The average molecular weight is 394 g/mol. The van der Waals surface area contributed by atoms with E-state index in [1.807, 2.05) is 6.07 Å². The Morgan fingerprint density at radius 1 is 1.05 bits per heavy atom. The van der Waals surface area contributed by atoms with Crippen LogP contribution in [0.1, 0.15) is 16.0 Å². The average Bonchev–Trinajstić information content (AvgIpc) is 2.46. The summed E-state index contributed by atoms with van der Waals surface area (Å²) in [4.78, 5) is -0.288. The summed E-state index contributed by atoms with van der Waals surface area (Å²) in [5, 5.41) is 0.700. The third-order valence-corrected chi connectivity index (χ3v) is 4.70. The molecule has 112 valence electrons. The van der Waals surface area contributed by atoms with E-state index in [-0.39, 0.29) is 10.6 Å². The van der Waals surface area contributed by atoms with Crippen molar-refractivity contribution in [3.05, 3.63) is 57.3 Å². The molecule has 0 saturated heterocycles. The zero-order chi connectivity index (χ0) is 15.6. The van der Waals surface area contributed by atoms with E-state index < -0.39 is 0 Å². The molecule has 0 amide bonds. The van der Waals surface area contributed by atoms with E-state index in [1.165, 1.54) is 26.4 Å². The van der Waals surface area contributed by atoms with Crippen molar-refractivity contribution in [1.29, 1.82) is 0 Å². The lowest BCUT2D eigenvalue weighted by atomic mass is 10.0. The molecule has 0 saturated carbocycles. The number of hydrogen-bond donors (Lipinski definition) is 0. The Hall–Kier alpha value is -0.970. The van der Waals surface area contributed by atoms with Gasteiger partial charge in [0.1, 0.15) is 22.3 Å². The maximum absolute atomic E-state index is 13.2. The van der Waals surface area contributed by atoms with Gasteiger partial charge >= 0.3 is 0 Å². The Morgan fingerprint density at radius 2 is 1.71 bits per heavy atom. The fourth-order valence-electron chi connectivity index (χ4n) is 1.99. The van der Waals surface area contributed by atoms with Crippen LogP contribution in [0.25, 0.3) is 0 Å². The highest BCUT2D eigenvalue weighted by atomic mass is 79.9. The minimum atomic E-state index is -0.386. The van der Waals surface area contributed by atoms with Crippen LogP contribution in [-0.2, 0) is 0 Å². The van der Waals surface area contributed by atoms with Crippen LogP contribution in [0.3, 0.4) is 0 Å². The SMILES string of the molecule is COc1ccc(C(Br)c2ccc(F)cc2Cl)c(OC)c1Cl. The summed E-state index contributed by atoms with van der Waals surface area (Å²) in [5.74, 6) is 0.614. The van der Waals surface area contributed by atoms with Gasteiger partial charge in [-0.2, -0.15) is 0 Å². The van der Waals surface area contributed by atoms with Gasteiger partial charge < -0.3 is 9.47 Å². The van der Waals surface area contributed by atoms with Crippen molar-refractivity contribution >= 4 is 39.1 Å². The molecular weight excluding hydrogens is 382 g/mol. The van der Waals surface area contributed by atoms with E-state index in [0.717, 1.165) is 11.1 Å². The third kappa shape index (κ3) is 3.28. The first-order valence-corrected chi connectivity index (χ1v) is 7.66. The Bertz CT molecular complexity index is 664. The van der Waals surface area contributed by atoms with Gasteiger partial charge in [-0.3, -0.25) is 0 Å². The molecule has 2 rings (SSSR count). The zero-order valence-electron chi connectivity index (χ0n) is 11.3. The maximum Gasteiger partial charge on any atom is 0.145 e. The number of methoxy groups -OCH3 is 2. The lowest BCUT2D eigenvalue weighted by Gasteiger charge is -2.18. The second-order valence-electron chi connectivity index (χ2n) is 4.23. The molecule has 1 unspecified atom stereocenters. The van der Waals surface area contributed by atoms with Gasteiger partial charge in [0.05, 0.1) is 19.0 Å². The van der Waals surface area contributed by atoms with Gasteiger partial charge in [0.15, 0.2) is 0 Å². The van der Waals surface area contributed by atoms with Crippen LogP contribution in [0.15, 0.2) is 30.3 Å². The maximum atomic E-state index is 13.2. The molecule has 0 fully saturated rings. The first kappa shape index (κ1) is 16.4. The van der Waals surface area contributed by atoms with E-state index >= 15 is 0 Å². The second kappa shape index (κ2) is 6.86. The molecule has 0 aliphatic heterocycles. The van der Waals surface area contributed by atoms with Gasteiger partial charge in [0.2, 0.25) is 0 Å². The summed E-state index contributed by atoms with van der Waals surface area (Å²) in [5.41, 5.74) is 1.49.